The lowest BCUT2D eigenvalue weighted by atomic mass is 9.92. The fraction of sp³-hybridized carbons (Fsp3) is 0.500. The maximum absolute atomic E-state index is 3.88. The van der Waals surface area contributed by atoms with Crippen molar-refractivity contribution in [1.29, 1.82) is 0 Å². The highest BCUT2D eigenvalue weighted by Gasteiger charge is 2.06. The Morgan fingerprint density at radius 2 is 1.94 bits per heavy atom. The van der Waals surface area contributed by atoms with Crippen LogP contribution >= 0.6 is 0 Å². The van der Waals surface area contributed by atoms with E-state index in [1.54, 1.807) is 0 Å². The zero-order chi connectivity index (χ0) is 11.8. The molecule has 0 heteroatoms. The first-order chi connectivity index (χ1) is 7.81. The summed E-state index contributed by atoms with van der Waals surface area (Å²) in [7, 11) is 0. The highest BCUT2D eigenvalue weighted by molar-refractivity contribution is 5.51. The van der Waals surface area contributed by atoms with Crippen LogP contribution < -0.4 is 0 Å². The van der Waals surface area contributed by atoms with Gasteiger partial charge in [-0.3, -0.25) is 0 Å². The number of rotatable bonds is 7. The molecular weight excluding hydrogens is 192 g/mol. The molecule has 1 unspecified atom stereocenters. The zero-order valence-corrected chi connectivity index (χ0v) is 10.7. The summed E-state index contributed by atoms with van der Waals surface area (Å²) < 4.78 is 0. The summed E-state index contributed by atoms with van der Waals surface area (Å²) in [5, 5.41) is 0. The summed E-state index contributed by atoms with van der Waals surface area (Å²) >= 11 is 0. The molecule has 0 spiro atoms. The normalized spacial score (nSPS) is 12.4. The Hall–Kier alpha value is -1.04. The van der Waals surface area contributed by atoms with Crippen molar-refractivity contribution < 1.29 is 0 Å². The Morgan fingerprint density at radius 3 is 2.56 bits per heavy atom. The summed E-state index contributed by atoms with van der Waals surface area (Å²) in [6.07, 6.45) is 8.46. The van der Waals surface area contributed by atoms with Crippen molar-refractivity contribution in [3.8, 4) is 0 Å². The third-order valence-corrected chi connectivity index (χ3v) is 3.37. The van der Waals surface area contributed by atoms with Crippen LogP contribution in [0.5, 0.6) is 0 Å². The van der Waals surface area contributed by atoms with E-state index < -0.39 is 0 Å². The Kier molecular flexibility index (Phi) is 5.92. The van der Waals surface area contributed by atoms with Crippen LogP contribution in [-0.2, 0) is 6.42 Å². The molecule has 0 saturated heterocycles. The summed E-state index contributed by atoms with van der Waals surface area (Å²) in [6, 6.07) is 8.60. The van der Waals surface area contributed by atoms with Crippen molar-refractivity contribution in [2.75, 3.05) is 0 Å². The lowest BCUT2D eigenvalue weighted by Gasteiger charge is -2.14. The molecule has 88 valence electrons. The van der Waals surface area contributed by atoms with Crippen LogP contribution in [0.15, 0.2) is 30.8 Å². The molecule has 1 aromatic rings. The van der Waals surface area contributed by atoms with Gasteiger partial charge in [0.15, 0.2) is 0 Å². The molecular formula is C16H24. The molecule has 0 saturated carbocycles. The smallest absolute Gasteiger partial charge is 0.0230 e. The van der Waals surface area contributed by atoms with Gasteiger partial charge in [-0.2, -0.15) is 0 Å². The van der Waals surface area contributed by atoms with Crippen molar-refractivity contribution in [3.05, 3.63) is 42.0 Å². The van der Waals surface area contributed by atoms with Gasteiger partial charge in [-0.25, -0.2) is 0 Å². The standard InChI is InChI=1S/C16H24/c1-4-9-14(5-2)12-13-16-11-8-7-10-15(16)6-3/h6-8,10-11,14H,3-5,9,12-13H2,1-2H3. The lowest BCUT2D eigenvalue weighted by Crippen LogP contribution is -2.01. The number of benzene rings is 1. The van der Waals surface area contributed by atoms with Crippen molar-refractivity contribution >= 4 is 6.08 Å². The second-order valence-corrected chi connectivity index (χ2v) is 4.50. The molecule has 1 atom stereocenters. The van der Waals surface area contributed by atoms with E-state index in [9.17, 15) is 0 Å². The van der Waals surface area contributed by atoms with E-state index in [2.05, 4.69) is 44.7 Å². The molecule has 0 fully saturated rings. The molecule has 0 bridgehead atoms. The predicted octanol–water partition coefficient (Wildman–Crippen LogP) is 5.09. The molecule has 1 rings (SSSR count). The van der Waals surface area contributed by atoms with Gasteiger partial charge in [-0.15, -0.1) is 0 Å². The molecule has 0 aliphatic carbocycles. The maximum atomic E-state index is 3.88. The summed E-state index contributed by atoms with van der Waals surface area (Å²) in [5.41, 5.74) is 2.75. The fourth-order valence-corrected chi connectivity index (χ4v) is 2.28. The number of hydrogen-bond acceptors (Lipinski definition) is 0. The Labute approximate surface area is 100 Å². The van der Waals surface area contributed by atoms with Gasteiger partial charge in [0.25, 0.3) is 0 Å². The van der Waals surface area contributed by atoms with Gasteiger partial charge >= 0.3 is 0 Å². The summed E-state index contributed by atoms with van der Waals surface area (Å²) in [4.78, 5) is 0. The van der Waals surface area contributed by atoms with Crippen LogP contribution in [0.1, 0.15) is 50.7 Å². The molecule has 1 aromatic carbocycles. The largest absolute Gasteiger partial charge is 0.0985 e. The first-order valence-electron chi connectivity index (χ1n) is 6.52. The average molecular weight is 216 g/mol. The summed E-state index contributed by atoms with van der Waals surface area (Å²) in [5.74, 6) is 0.892. The van der Waals surface area contributed by atoms with Crippen molar-refractivity contribution in [1.82, 2.24) is 0 Å². The van der Waals surface area contributed by atoms with Gasteiger partial charge in [-0.1, -0.05) is 70.0 Å². The van der Waals surface area contributed by atoms with Crippen LogP contribution in [0.25, 0.3) is 6.08 Å². The van der Waals surface area contributed by atoms with Crippen molar-refractivity contribution in [3.63, 3.8) is 0 Å². The van der Waals surface area contributed by atoms with Gasteiger partial charge in [0.1, 0.15) is 0 Å². The van der Waals surface area contributed by atoms with Crippen molar-refractivity contribution in [2.45, 2.75) is 46.0 Å². The Bertz CT molecular complexity index is 312. The first kappa shape index (κ1) is 13.0. The van der Waals surface area contributed by atoms with Gasteiger partial charge in [0, 0.05) is 0 Å². The first-order valence-corrected chi connectivity index (χ1v) is 6.52. The molecule has 0 amide bonds. The second kappa shape index (κ2) is 7.27. The third-order valence-electron chi connectivity index (χ3n) is 3.37. The van der Waals surface area contributed by atoms with Crippen LogP contribution in [0.2, 0.25) is 0 Å². The molecule has 0 N–H and O–H groups in total. The Morgan fingerprint density at radius 1 is 1.19 bits per heavy atom. The topological polar surface area (TPSA) is 0 Å². The summed E-state index contributed by atoms with van der Waals surface area (Å²) in [6.45, 7) is 8.46. The number of aryl methyl sites for hydroxylation is 1. The van der Waals surface area contributed by atoms with E-state index in [0.717, 1.165) is 5.92 Å². The molecule has 0 heterocycles. The SMILES string of the molecule is C=Cc1ccccc1CCC(CC)CCC. The van der Waals surface area contributed by atoms with E-state index in [1.165, 1.54) is 43.2 Å². The van der Waals surface area contributed by atoms with Gasteiger partial charge < -0.3 is 0 Å². The van der Waals surface area contributed by atoms with Crippen LogP contribution in [-0.4, -0.2) is 0 Å². The minimum atomic E-state index is 0.892. The van der Waals surface area contributed by atoms with Gasteiger partial charge in [-0.05, 0) is 29.9 Å². The quantitative estimate of drug-likeness (QED) is 0.595. The number of hydrogen-bond donors (Lipinski definition) is 0. The maximum Gasteiger partial charge on any atom is -0.0230 e. The molecule has 0 radical (unpaired) electrons. The minimum Gasteiger partial charge on any atom is -0.0985 e. The second-order valence-electron chi connectivity index (χ2n) is 4.50. The molecule has 0 aliphatic heterocycles. The predicted molar refractivity (Wildman–Crippen MR) is 73.5 cm³/mol. The highest BCUT2D eigenvalue weighted by atomic mass is 14.1. The van der Waals surface area contributed by atoms with E-state index >= 15 is 0 Å². The molecule has 0 nitrogen and oxygen atoms in total. The lowest BCUT2D eigenvalue weighted by molar-refractivity contribution is 0.432. The van der Waals surface area contributed by atoms with Crippen molar-refractivity contribution in [2.24, 2.45) is 5.92 Å². The molecule has 16 heavy (non-hydrogen) atoms. The van der Waals surface area contributed by atoms with Gasteiger partial charge in [0.2, 0.25) is 0 Å². The van der Waals surface area contributed by atoms with E-state index in [1.807, 2.05) is 6.08 Å². The zero-order valence-electron chi connectivity index (χ0n) is 10.7. The van der Waals surface area contributed by atoms with Crippen LogP contribution in [0.4, 0.5) is 0 Å². The fourth-order valence-electron chi connectivity index (χ4n) is 2.28. The van der Waals surface area contributed by atoms with E-state index in [-0.39, 0.29) is 0 Å². The minimum absolute atomic E-state index is 0.892. The van der Waals surface area contributed by atoms with E-state index in [4.69, 9.17) is 0 Å². The molecule has 0 aliphatic rings. The highest BCUT2D eigenvalue weighted by Crippen LogP contribution is 2.20. The van der Waals surface area contributed by atoms with Gasteiger partial charge in [0.05, 0.1) is 0 Å². The Balaban J connectivity index is 2.55. The average Bonchev–Trinajstić information content (AvgIpc) is 2.34. The van der Waals surface area contributed by atoms with Crippen LogP contribution in [0, 0.1) is 5.92 Å². The van der Waals surface area contributed by atoms with E-state index in [0.29, 0.717) is 0 Å². The van der Waals surface area contributed by atoms with Crippen LogP contribution in [0.3, 0.4) is 0 Å². The third kappa shape index (κ3) is 3.84. The monoisotopic (exact) mass is 216 g/mol. The molecule has 0 aromatic heterocycles.